The first-order valence-electron chi connectivity index (χ1n) is 10.2. The van der Waals surface area contributed by atoms with Crippen LogP contribution < -0.4 is 5.73 Å². The molecule has 0 bridgehead atoms. The van der Waals surface area contributed by atoms with E-state index in [-0.39, 0.29) is 11.4 Å². The zero-order valence-electron chi connectivity index (χ0n) is 19.7. The van der Waals surface area contributed by atoms with Crippen LogP contribution in [0.3, 0.4) is 0 Å². The summed E-state index contributed by atoms with van der Waals surface area (Å²) >= 11 is 0. The third kappa shape index (κ3) is 13.0. The minimum Gasteiger partial charge on any atom is -0.349 e. The SMILES string of the molecule is CC.CC.CC.CC(=O)N(C)C.CC(C)(N)c1ccccc1C1=CC=CC1. The molecule has 0 saturated carbocycles. The van der Waals surface area contributed by atoms with Gasteiger partial charge in [0.15, 0.2) is 0 Å². The highest BCUT2D eigenvalue weighted by Gasteiger charge is 2.19. The maximum absolute atomic E-state index is 10.1. The van der Waals surface area contributed by atoms with Crippen LogP contribution in [0.4, 0.5) is 0 Å². The minimum absolute atomic E-state index is 0.0926. The van der Waals surface area contributed by atoms with E-state index in [0.717, 1.165) is 6.42 Å². The van der Waals surface area contributed by atoms with Crippen LogP contribution in [0, 0.1) is 0 Å². The molecule has 1 aliphatic rings. The van der Waals surface area contributed by atoms with Gasteiger partial charge in [0.25, 0.3) is 0 Å². The summed E-state index contributed by atoms with van der Waals surface area (Å²) in [4.78, 5) is 11.6. The van der Waals surface area contributed by atoms with Gasteiger partial charge in [-0.3, -0.25) is 4.79 Å². The summed E-state index contributed by atoms with van der Waals surface area (Å²) in [6, 6.07) is 8.40. The van der Waals surface area contributed by atoms with Gasteiger partial charge in [0.1, 0.15) is 0 Å². The highest BCUT2D eigenvalue weighted by atomic mass is 16.2. The highest BCUT2D eigenvalue weighted by Crippen LogP contribution is 2.30. The van der Waals surface area contributed by atoms with Crippen LogP contribution in [-0.4, -0.2) is 24.9 Å². The van der Waals surface area contributed by atoms with Crippen LogP contribution >= 0.6 is 0 Å². The minimum atomic E-state index is -0.278. The van der Waals surface area contributed by atoms with Crippen molar-refractivity contribution in [2.24, 2.45) is 5.73 Å². The molecule has 1 aromatic rings. The van der Waals surface area contributed by atoms with E-state index >= 15 is 0 Å². The Kier molecular flexibility index (Phi) is 19.4. The van der Waals surface area contributed by atoms with E-state index in [2.05, 4.69) is 56.3 Å². The van der Waals surface area contributed by atoms with Gasteiger partial charge in [-0.25, -0.2) is 0 Å². The quantitative estimate of drug-likeness (QED) is 0.649. The summed E-state index contributed by atoms with van der Waals surface area (Å²) in [6.07, 6.45) is 7.48. The lowest BCUT2D eigenvalue weighted by Crippen LogP contribution is -2.29. The zero-order valence-corrected chi connectivity index (χ0v) is 19.7. The molecular formula is C24H44N2O. The molecule has 3 heteroatoms. The fourth-order valence-electron chi connectivity index (χ4n) is 1.97. The molecule has 0 fully saturated rings. The third-order valence-electron chi connectivity index (χ3n) is 3.37. The van der Waals surface area contributed by atoms with E-state index in [1.54, 1.807) is 14.1 Å². The lowest BCUT2D eigenvalue weighted by molar-refractivity contribution is -0.126. The molecule has 0 unspecified atom stereocenters. The summed E-state index contributed by atoms with van der Waals surface area (Å²) in [5, 5.41) is 0. The van der Waals surface area contributed by atoms with E-state index in [1.807, 2.05) is 41.5 Å². The average Bonchev–Trinajstić information content (AvgIpc) is 3.21. The average molecular weight is 377 g/mol. The molecule has 0 aromatic heterocycles. The molecule has 27 heavy (non-hydrogen) atoms. The fraction of sp³-hybridized carbons (Fsp3) is 0.542. The van der Waals surface area contributed by atoms with E-state index < -0.39 is 0 Å². The van der Waals surface area contributed by atoms with Gasteiger partial charge < -0.3 is 10.6 Å². The Balaban J connectivity index is -0.000000406. The van der Waals surface area contributed by atoms with Crippen molar-refractivity contribution >= 4 is 11.5 Å². The number of carbonyl (C=O) groups excluding carboxylic acids is 1. The Morgan fingerprint density at radius 1 is 1.00 bits per heavy atom. The molecule has 3 nitrogen and oxygen atoms in total. The summed E-state index contributed by atoms with van der Waals surface area (Å²) in [7, 11) is 3.45. The van der Waals surface area contributed by atoms with E-state index in [9.17, 15) is 4.79 Å². The second kappa shape index (κ2) is 17.5. The van der Waals surface area contributed by atoms with E-state index in [4.69, 9.17) is 5.73 Å². The maximum Gasteiger partial charge on any atom is 0.218 e. The predicted molar refractivity (Wildman–Crippen MR) is 124 cm³/mol. The Morgan fingerprint density at radius 2 is 1.44 bits per heavy atom. The van der Waals surface area contributed by atoms with Gasteiger partial charge in [0, 0.05) is 26.6 Å². The summed E-state index contributed by atoms with van der Waals surface area (Å²) in [6.45, 7) is 17.6. The van der Waals surface area contributed by atoms with E-state index in [1.165, 1.54) is 28.5 Å². The summed E-state index contributed by atoms with van der Waals surface area (Å²) < 4.78 is 0. The smallest absolute Gasteiger partial charge is 0.218 e. The molecule has 1 amide bonds. The normalized spacial score (nSPS) is 11.0. The summed E-state index contributed by atoms with van der Waals surface area (Å²) in [5.74, 6) is 0.0926. The molecule has 0 spiro atoms. The van der Waals surface area contributed by atoms with Crippen LogP contribution in [0.5, 0.6) is 0 Å². The number of nitrogens with two attached hydrogens (primary N) is 1. The maximum atomic E-state index is 10.1. The molecule has 1 aliphatic carbocycles. The first kappa shape index (κ1) is 29.9. The molecule has 2 rings (SSSR count). The topological polar surface area (TPSA) is 46.3 Å². The van der Waals surface area contributed by atoms with Gasteiger partial charge >= 0.3 is 0 Å². The van der Waals surface area contributed by atoms with Gasteiger partial charge in [-0.2, -0.15) is 0 Å². The van der Waals surface area contributed by atoms with Crippen molar-refractivity contribution in [3.8, 4) is 0 Å². The largest absolute Gasteiger partial charge is 0.349 e. The number of hydrogen-bond donors (Lipinski definition) is 1. The Hall–Kier alpha value is -1.87. The second-order valence-corrected chi connectivity index (χ2v) is 6.00. The molecule has 0 saturated heterocycles. The molecule has 2 N–H and O–H groups in total. The number of benzene rings is 1. The predicted octanol–water partition coefficient (Wildman–Crippen LogP) is 6.40. The van der Waals surface area contributed by atoms with Gasteiger partial charge in [-0.05, 0) is 37.0 Å². The van der Waals surface area contributed by atoms with Crippen molar-refractivity contribution in [2.75, 3.05) is 14.1 Å². The van der Waals surface area contributed by atoms with Crippen molar-refractivity contribution < 1.29 is 4.79 Å². The fourth-order valence-corrected chi connectivity index (χ4v) is 1.97. The molecule has 0 aliphatic heterocycles. The second-order valence-electron chi connectivity index (χ2n) is 6.00. The van der Waals surface area contributed by atoms with Gasteiger partial charge in [-0.15, -0.1) is 0 Å². The Labute approximate surface area is 169 Å². The molecule has 156 valence electrons. The van der Waals surface area contributed by atoms with Crippen LogP contribution in [0.15, 0.2) is 42.5 Å². The molecule has 0 atom stereocenters. The van der Waals surface area contributed by atoms with Crippen molar-refractivity contribution in [2.45, 2.75) is 74.3 Å². The monoisotopic (exact) mass is 376 g/mol. The molecular weight excluding hydrogens is 332 g/mol. The van der Waals surface area contributed by atoms with Crippen LogP contribution in [0.1, 0.15) is 79.9 Å². The number of carbonyl (C=O) groups is 1. The molecule has 0 heterocycles. The van der Waals surface area contributed by atoms with E-state index in [0.29, 0.717) is 0 Å². The first-order chi connectivity index (χ1) is 12.7. The van der Waals surface area contributed by atoms with Gasteiger partial charge in [-0.1, -0.05) is 84.0 Å². The van der Waals surface area contributed by atoms with Gasteiger partial charge in [0.05, 0.1) is 0 Å². The highest BCUT2D eigenvalue weighted by molar-refractivity contribution is 5.73. The number of amides is 1. The first-order valence-corrected chi connectivity index (χ1v) is 10.2. The summed E-state index contributed by atoms with van der Waals surface area (Å²) in [5.41, 5.74) is 9.77. The molecule has 0 radical (unpaired) electrons. The van der Waals surface area contributed by atoms with Crippen LogP contribution in [0.25, 0.3) is 5.57 Å². The Morgan fingerprint density at radius 3 is 1.78 bits per heavy atom. The van der Waals surface area contributed by atoms with Crippen molar-refractivity contribution in [1.29, 1.82) is 0 Å². The number of hydrogen-bond acceptors (Lipinski definition) is 2. The van der Waals surface area contributed by atoms with Gasteiger partial charge in [0.2, 0.25) is 5.91 Å². The third-order valence-corrected chi connectivity index (χ3v) is 3.37. The number of nitrogens with zero attached hydrogens (tertiary/aromatic N) is 1. The molecule has 1 aromatic carbocycles. The number of rotatable bonds is 2. The zero-order chi connectivity index (χ0) is 22.0. The van der Waals surface area contributed by atoms with Crippen molar-refractivity contribution in [3.63, 3.8) is 0 Å². The van der Waals surface area contributed by atoms with Crippen molar-refractivity contribution in [1.82, 2.24) is 4.90 Å². The van der Waals surface area contributed by atoms with Crippen LogP contribution in [-0.2, 0) is 10.3 Å². The number of allylic oxidation sites excluding steroid dienone is 4. The lowest BCUT2D eigenvalue weighted by Gasteiger charge is -2.23. The van der Waals surface area contributed by atoms with Crippen LogP contribution in [0.2, 0.25) is 0 Å². The lowest BCUT2D eigenvalue weighted by atomic mass is 9.87. The standard InChI is InChI=1S/C14H17N.C4H9NO.3C2H6/c1-14(2,15)13-10-6-5-9-12(13)11-7-3-4-8-11;1-4(6)5(2)3;3*1-2/h3-7,9-10H,8,15H2,1-2H3;1-3H3;3*1-2H3. The Bertz CT molecular complexity index is 550. The van der Waals surface area contributed by atoms with Crippen molar-refractivity contribution in [3.05, 3.63) is 53.6 Å².